The molecule has 0 saturated heterocycles. The molecule has 0 spiro atoms. The summed E-state index contributed by atoms with van der Waals surface area (Å²) in [4.78, 5) is 19.1. The third-order valence-electron chi connectivity index (χ3n) is 3.66. The van der Waals surface area contributed by atoms with Crippen molar-refractivity contribution in [3.8, 4) is 0 Å². The zero-order chi connectivity index (χ0) is 19.5. The maximum Gasteiger partial charge on any atom is 0.303 e. The highest BCUT2D eigenvalue weighted by Crippen LogP contribution is 2.07. The molecule has 2 atom stereocenters. The second kappa shape index (κ2) is 18.1. The Morgan fingerprint density at radius 3 is 1.88 bits per heavy atom. The Labute approximate surface area is 156 Å². The summed E-state index contributed by atoms with van der Waals surface area (Å²) in [5, 5.41) is 26.1. The second-order valence-electron chi connectivity index (χ2n) is 5.93. The molecule has 0 aliphatic carbocycles. The summed E-state index contributed by atoms with van der Waals surface area (Å²) >= 11 is 0. The highest BCUT2D eigenvalue weighted by molar-refractivity contribution is 5.66. The monoisotopic (exact) mass is 368 g/mol. The minimum Gasteiger partial charge on any atom is -0.481 e. The lowest BCUT2D eigenvalue weighted by molar-refractivity contribution is -0.267. The normalized spacial score (nSPS) is 14.9. The van der Waals surface area contributed by atoms with Crippen molar-refractivity contribution in [1.82, 2.24) is 0 Å². The minimum absolute atomic E-state index is 0.0582. The topological polar surface area (TPSA) is 96.2 Å². The van der Waals surface area contributed by atoms with Gasteiger partial charge in [0.2, 0.25) is 0 Å². The van der Waals surface area contributed by atoms with Gasteiger partial charge in [-0.05, 0) is 25.7 Å². The number of allylic oxidation sites excluding steroid dienone is 6. The predicted octanol–water partition coefficient (Wildman–Crippen LogP) is 5.15. The van der Waals surface area contributed by atoms with Gasteiger partial charge in [-0.2, -0.15) is 0 Å². The van der Waals surface area contributed by atoms with E-state index in [1.807, 2.05) is 36.5 Å². The van der Waals surface area contributed by atoms with Crippen LogP contribution in [0.5, 0.6) is 0 Å². The highest BCUT2D eigenvalue weighted by atomic mass is 17.1. The van der Waals surface area contributed by atoms with Crippen LogP contribution in [0.1, 0.15) is 58.3 Å². The van der Waals surface area contributed by atoms with E-state index in [0.29, 0.717) is 12.8 Å². The van der Waals surface area contributed by atoms with Gasteiger partial charge in [0.05, 0.1) is 0 Å². The van der Waals surface area contributed by atoms with Gasteiger partial charge in [-0.15, -0.1) is 0 Å². The van der Waals surface area contributed by atoms with Gasteiger partial charge in [-0.25, -0.2) is 9.78 Å². The molecule has 6 heteroatoms. The van der Waals surface area contributed by atoms with Crippen LogP contribution < -0.4 is 0 Å². The number of unbranched alkanes of at least 4 members (excludes halogenated alkanes) is 2. The first-order valence-corrected chi connectivity index (χ1v) is 9.12. The summed E-state index contributed by atoms with van der Waals surface area (Å²) in [6, 6.07) is 0. The summed E-state index contributed by atoms with van der Waals surface area (Å²) in [5.41, 5.74) is 0. The van der Waals surface area contributed by atoms with Gasteiger partial charge in [-0.1, -0.05) is 74.8 Å². The zero-order valence-electron chi connectivity index (χ0n) is 15.5. The molecular weight excluding hydrogens is 336 g/mol. The van der Waals surface area contributed by atoms with Crippen LogP contribution in [0.25, 0.3) is 0 Å². The summed E-state index contributed by atoms with van der Waals surface area (Å²) in [6.07, 6.45) is 19.8. The fourth-order valence-electron chi connectivity index (χ4n) is 2.19. The molecule has 0 bridgehead atoms. The van der Waals surface area contributed by atoms with Gasteiger partial charge < -0.3 is 5.11 Å². The number of carboxylic acids is 1. The van der Waals surface area contributed by atoms with Crippen LogP contribution in [-0.2, 0) is 14.6 Å². The maximum absolute atomic E-state index is 10.4. The van der Waals surface area contributed by atoms with E-state index in [-0.39, 0.29) is 12.5 Å². The molecule has 0 fully saturated rings. The molecule has 0 aromatic carbocycles. The summed E-state index contributed by atoms with van der Waals surface area (Å²) in [6.45, 7) is 2.13. The lowest BCUT2D eigenvalue weighted by Crippen LogP contribution is -2.08. The molecule has 3 N–H and O–H groups in total. The molecule has 0 aliphatic heterocycles. The lowest BCUT2D eigenvalue weighted by Gasteiger charge is -2.07. The fourth-order valence-corrected chi connectivity index (χ4v) is 2.19. The molecular formula is C20H32O6. The number of rotatable bonds is 16. The van der Waals surface area contributed by atoms with E-state index in [9.17, 15) is 4.79 Å². The molecule has 0 amide bonds. The van der Waals surface area contributed by atoms with Gasteiger partial charge >= 0.3 is 5.97 Å². The predicted molar refractivity (Wildman–Crippen MR) is 102 cm³/mol. The molecule has 0 rings (SSSR count). The number of hydrogen-bond donors (Lipinski definition) is 3. The van der Waals surface area contributed by atoms with Crippen molar-refractivity contribution in [1.29, 1.82) is 0 Å². The van der Waals surface area contributed by atoms with Crippen LogP contribution in [0.3, 0.4) is 0 Å². The Hall–Kier alpha value is -1.73. The number of carbonyl (C=O) groups is 1. The molecule has 26 heavy (non-hydrogen) atoms. The molecule has 0 aromatic rings. The van der Waals surface area contributed by atoms with Crippen molar-refractivity contribution in [2.24, 2.45) is 0 Å². The average Bonchev–Trinajstić information content (AvgIpc) is 2.63. The Morgan fingerprint density at radius 1 is 0.885 bits per heavy atom. The number of carboxylic acid groups (broad SMARTS) is 1. The molecule has 6 nitrogen and oxygen atoms in total. The Bertz CT molecular complexity index is 453. The van der Waals surface area contributed by atoms with E-state index >= 15 is 0 Å². The van der Waals surface area contributed by atoms with Crippen molar-refractivity contribution in [3.63, 3.8) is 0 Å². The average molecular weight is 368 g/mol. The third kappa shape index (κ3) is 15.8. The van der Waals surface area contributed by atoms with Gasteiger partial charge in [0.25, 0.3) is 0 Å². The summed E-state index contributed by atoms with van der Waals surface area (Å²) in [5.74, 6) is -0.857. The number of hydrogen-bond acceptors (Lipinski definition) is 5. The molecule has 0 radical (unpaired) electrons. The van der Waals surface area contributed by atoms with Crippen molar-refractivity contribution in [2.75, 3.05) is 0 Å². The summed E-state index contributed by atoms with van der Waals surface area (Å²) in [7, 11) is 0. The highest BCUT2D eigenvalue weighted by Gasteiger charge is 2.05. The molecule has 0 aromatic heterocycles. The van der Waals surface area contributed by atoms with Gasteiger partial charge in [0.1, 0.15) is 12.2 Å². The van der Waals surface area contributed by atoms with Crippen molar-refractivity contribution in [3.05, 3.63) is 48.6 Å². The Kier molecular flexibility index (Phi) is 16.9. The first kappa shape index (κ1) is 24.3. The standard InChI is InChI=1S/C20H32O6/c1-2-3-9-13-18(25-23)14-10-7-5-4-6-8-11-15-19(26-24)16-12-17-20(21)22/h5-8,10-11,14-15,18-19,23-24H,2-4,9,12-13,16-17H2,1H3,(H,21,22). The van der Waals surface area contributed by atoms with Crippen LogP contribution in [0, 0.1) is 0 Å². The van der Waals surface area contributed by atoms with Crippen molar-refractivity contribution >= 4 is 5.97 Å². The maximum atomic E-state index is 10.4. The van der Waals surface area contributed by atoms with E-state index in [2.05, 4.69) is 16.7 Å². The van der Waals surface area contributed by atoms with Crippen LogP contribution in [-0.4, -0.2) is 33.8 Å². The van der Waals surface area contributed by atoms with Gasteiger partial charge in [0, 0.05) is 6.42 Å². The van der Waals surface area contributed by atoms with Crippen molar-refractivity contribution < 1.29 is 30.2 Å². The SMILES string of the molecule is CCCCCC(C=CC=CCC=CC=CC(CCCC(=O)O)OO)OO. The van der Waals surface area contributed by atoms with Crippen molar-refractivity contribution in [2.45, 2.75) is 70.5 Å². The minimum atomic E-state index is -0.857. The molecule has 0 heterocycles. The van der Waals surface area contributed by atoms with E-state index in [1.54, 1.807) is 12.2 Å². The van der Waals surface area contributed by atoms with Gasteiger partial charge in [0.15, 0.2) is 0 Å². The molecule has 148 valence electrons. The van der Waals surface area contributed by atoms with Gasteiger partial charge in [-0.3, -0.25) is 15.3 Å². The quantitative estimate of drug-likeness (QED) is 0.151. The smallest absolute Gasteiger partial charge is 0.303 e. The van der Waals surface area contributed by atoms with Crippen LogP contribution >= 0.6 is 0 Å². The van der Waals surface area contributed by atoms with Crippen LogP contribution in [0.4, 0.5) is 0 Å². The summed E-state index contributed by atoms with van der Waals surface area (Å²) < 4.78 is 0. The Morgan fingerprint density at radius 2 is 1.42 bits per heavy atom. The van der Waals surface area contributed by atoms with E-state index < -0.39 is 12.1 Å². The largest absolute Gasteiger partial charge is 0.481 e. The van der Waals surface area contributed by atoms with E-state index in [1.165, 1.54) is 0 Å². The van der Waals surface area contributed by atoms with E-state index in [4.69, 9.17) is 15.6 Å². The van der Waals surface area contributed by atoms with E-state index in [0.717, 1.165) is 32.1 Å². The molecule has 0 saturated carbocycles. The third-order valence-corrected chi connectivity index (χ3v) is 3.66. The van der Waals surface area contributed by atoms with Crippen LogP contribution in [0.15, 0.2) is 48.6 Å². The molecule has 2 unspecified atom stereocenters. The zero-order valence-corrected chi connectivity index (χ0v) is 15.5. The molecule has 0 aliphatic rings. The second-order valence-corrected chi connectivity index (χ2v) is 5.93. The van der Waals surface area contributed by atoms with Crippen LogP contribution in [0.2, 0.25) is 0 Å². The Balaban J connectivity index is 3.99. The number of aliphatic carboxylic acids is 1. The first-order chi connectivity index (χ1) is 12.6. The lowest BCUT2D eigenvalue weighted by atomic mass is 10.1. The first-order valence-electron chi connectivity index (χ1n) is 9.12. The fraction of sp³-hybridized carbons (Fsp3) is 0.550.